The summed E-state index contributed by atoms with van der Waals surface area (Å²) in [6.45, 7) is 3.30. The number of carbonyl (C=O) groups is 3. The molecule has 19 heavy (non-hydrogen) atoms. The lowest BCUT2D eigenvalue weighted by Gasteiger charge is -2.37. The number of urea groups is 1. The molecule has 2 heterocycles. The highest BCUT2D eigenvalue weighted by atomic mass is 16.4. The molecule has 0 aliphatic carbocycles. The lowest BCUT2D eigenvalue weighted by atomic mass is 10.1. The lowest BCUT2D eigenvalue weighted by Crippen LogP contribution is -2.55. The van der Waals surface area contributed by atoms with E-state index in [0.29, 0.717) is 26.1 Å². The summed E-state index contributed by atoms with van der Waals surface area (Å²) in [5.74, 6) is -1.35. The molecular weight excluding hydrogens is 250 g/mol. The van der Waals surface area contributed by atoms with Crippen LogP contribution in [-0.4, -0.2) is 65.0 Å². The smallest absolute Gasteiger partial charge is 0.317 e. The first kappa shape index (κ1) is 13.6. The monoisotopic (exact) mass is 269 g/mol. The van der Waals surface area contributed by atoms with Crippen molar-refractivity contribution in [2.24, 2.45) is 5.92 Å². The topological polar surface area (TPSA) is 90.0 Å². The standard InChI is InChI=1S/C12H19N3O4/c1-8(11(17)18)6-13-12(19)14-4-5-15-9(7-14)2-3-10(15)16/h8-9H,2-7H2,1H3,(H,13,19)(H,17,18). The first-order valence-corrected chi connectivity index (χ1v) is 6.54. The highest BCUT2D eigenvalue weighted by Crippen LogP contribution is 2.22. The Morgan fingerprint density at radius 2 is 2.21 bits per heavy atom. The predicted octanol–water partition coefficient (Wildman–Crippen LogP) is -0.277. The molecule has 7 nitrogen and oxygen atoms in total. The second-order valence-electron chi connectivity index (χ2n) is 5.15. The zero-order chi connectivity index (χ0) is 14.0. The van der Waals surface area contributed by atoms with Crippen molar-refractivity contribution < 1.29 is 19.5 Å². The van der Waals surface area contributed by atoms with Crippen LogP contribution < -0.4 is 5.32 Å². The summed E-state index contributed by atoms with van der Waals surface area (Å²) < 4.78 is 0. The van der Waals surface area contributed by atoms with Crippen LogP contribution in [0.4, 0.5) is 4.79 Å². The first-order chi connectivity index (χ1) is 8.99. The van der Waals surface area contributed by atoms with E-state index in [2.05, 4.69) is 5.32 Å². The van der Waals surface area contributed by atoms with Crippen molar-refractivity contribution in [2.45, 2.75) is 25.8 Å². The molecule has 2 rings (SSSR count). The summed E-state index contributed by atoms with van der Waals surface area (Å²) in [5, 5.41) is 11.4. The highest BCUT2D eigenvalue weighted by molar-refractivity contribution is 5.80. The van der Waals surface area contributed by atoms with E-state index in [1.165, 1.54) is 0 Å². The summed E-state index contributed by atoms with van der Waals surface area (Å²) in [6.07, 6.45) is 1.37. The second kappa shape index (κ2) is 5.46. The van der Waals surface area contributed by atoms with Crippen molar-refractivity contribution in [1.29, 1.82) is 0 Å². The van der Waals surface area contributed by atoms with Crippen LogP contribution >= 0.6 is 0 Å². The Kier molecular flexibility index (Phi) is 3.92. The van der Waals surface area contributed by atoms with Gasteiger partial charge in [0.05, 0.1) is 5.92 Å². The van der Waals surface area contributed by atoms with Gasteiger partial charge in [-0.1, -0.05) is 6.92 Å². The number of piperazine rings is 1. The van der Waals surface area contributed by atoms with Crippen LogP contribution in [0.25, 0.3) is 0 Å². The zero-order valence-corrected chi connectivity index (χ0v) is 11.0. The Bertz CT molecular complexity index is 398. The van der Waals surface area contributed by atoms with Crippen LogP contribution in [-0.2, 0) is 9.59 Å². The van der Waals surface area contributed by atoms with E-state index in [9.17, 15) is 14.4 Å². The maximum atomic E-state index is 11.9. The van der Waals surface area contributed by atoms with Gasteiger partial charge in [0, 0.05) is 38.6 Å². The summed E-state index contributed by atoms with van der Waals surface area (Å²) in [4.78, 5) is 37.6. The molecule has 7 heteroatoms. The summed E-state index contributed by atoms with van der Waals surface area (Å²) in [5.41, 5.74) is 0. The molecule has 0 aromatic rings. The third-order valence-electron chi connectivity index (χ3n) is 3.76. The number of hydrogen-bond acceptors (Lipinski definition) is 3. The van der Waals surface area contributed by atoms with Crippen LogP contribution in [0.1, 0.15) is 19.8 Å². The second-order valence-corrected chi connectivity index (χ2v) is 5.15. The predicted molar refractivity (Wildman–Crippen MR) is 66.5 cm³/mol. The molecule has 2 unspecified atom stereocenters. The van der Waals surface area contributed by atoms with Gasteiger partial charge in [-0.25, -0.2) is 4.79 Å². The quantitative estimate of drug-likeness (QED) is 0.737. The molecule has 2 atom stereocenters. The van der Waals surface area contributed by atoms with Gasteiger partial charge in [-0.2, -0.15) is 0 Å². The normalized spacial score (nSPS) is 24.1. The van der Waals surface area contributed by atoms with Gasteiger partial charge in [-0.15, -0.1) is 0 Å². The average Bonchev–Trinajstić information content (AvgIpc) is 2.76. The molecule has 0 radical (unpaired) electrons. The molecule has 0 spiro atoms. The van der Waals surface area contributed by atoms with Gasteiger partial charge in [0.2, 0.25) is 5.91 Å². The van der Waals surface area contributed by atoms with Gasteiger partial charge in [0.1, 0.15) is 0 Å². The Balaban J connectivity index is 1.81. The van der Waals surface area contributed by atoms with Crippen molar-refractivity contribution in [3.63, 3.8) is 0 Å². The fourth-order valence-electron chi connectivity index (χ4n) is 2.49. The minimum atomic E-state index is -0.925. The number of amides is 3. The number of hydrogen-bond donors (Lipinski definition) is 2. The van der Waals surface area contributed by atoms with E-state index >= 15 is 0 Å². The Labute approximate surface area is 111 Å². The molecule has 2 fully saturated rings. The molecule has 2 aliphatic rings. The third-order valence-corrected chi connectivity index (χ3v) is 3.76. The van der Waals surface area contributed by atoms with E-state index in [0.717, 1.165) is 6.42 Å². The van der Waals surface area contributed by atoms with E-state index < -0.39 is 11.9 Å². The van der Waals surface area contributed by atoms with Crippen LogP contribution in [0.5, 0.6) is 0 Å². The number of rotatable bonds is 3. The number of fused-ring (bicyclic) bond motifs is 1. The van der Waals surface area contributed by atoms with Gasteiger partial charge in [0.15, 0.2) is 0 Å². The molecule has 2 saturated heterocycles. The highest BCUT2D eigenvalue weighted by Gasteiger charge is 2.36. The zero-order valence-electron chi connectivity index (χ0n) is 11.0. The molecule has 0 saturated carbocycles. The summed E-state index contributed by atoms with van der Waals surface area (Å²) in [7, 11) is 0. The van der Waals surface area contributed by atoms with Crippen molar-refractivity contribution in [3.05, 3.63) is 0 Å². The van der Waals surface area contributed by atoms with Gasteiger partial charge < -0.3 is 20.2 Å². The largest absolute Gasteiger partial charge is 0.481 e. The number of nitrogens with one attached hydrogen (secondary N) is 1. The first-order valence-electron chi connectivity index (χ1n) is 6.54. The van der Waals surface area contributed by atoms with Crippen LogP contribution in [0.2, 0.25) is 0 Å². The van der Waals surface area contributed by atoms with E-state index in [1.54, 1.807) is 11.8 Å². The van der Waals surface area contributed by atoms with Crippen LogP contribution in [0, 0.1) is 5.92 Å². The van der Waals surface area contributed by atoms with Crippen molar-refractivity contribution in [3.8, 4) is 0 Å². The van der Waals surface area contributed by atoms with E-state index in [4.69, 9.17) is 5.11 Å². The maximum Gasteiger partial charge on any atom is 0.317 e. The van der Waals surface area contributed by atoms with Gasteiger partial charge in [-0.05, 0) is 6.42 Å². The average molecular weight is 269 g/mol. The number of carbonyl (C=O) groups excluding carboxylic acids is 2. The molecule has 106 valence electrons. The molecular formula is C12H19N3O4. The fourth-order valence-corrected chi connectivity index (χ4v) is 2.49. The van der Waals surface area contributed by atoms with E-state index in [1.807, 2.05) is 4.90 Å². The van der Waals surface area contributed by atoms with E-state index in [-0.39, 0.29) is 24.5 Å². The molecule has 2 N–H and O–H groups in total. The molecule has 0 bridgehead atoms. The third kappa shape index (κ3) is 2.97. The molecule has 2 aliphatic heterocycles. The number of nitrogens with zero attached hydrogens (tertiary/aromatic N) is 2. The minimum absolute atomic E-state index is 0.123. The molecule has 0 aromatic carbocycles. The van der Waals surface area contributed by atoms with Crippen molar-refractivity contribution in [1.82, 2.24) is 15.1 Å². The number of carboxylic acid groups (broad SMARTS) is 1. The van der Waals surface area contributed by atoms with Crippen LogP contribution in [0.15, 0.2) is 0 Å². The summed E-state index contributed by atoms with van der Waals surface area (Å²) in [6, 6.07) is -0.115. The van der Waals surface area contributed by atoms with Gasteiger partial charge in [0.25, 0.3) is 0 Å². The minimum Gasteiger partial charge on any atom is -0.481 e. The Morgan fingerprint density at radius 1 is 1.47 bits per heavy atom. The summed E-state index contributed by atoms with van der Waals surface area (Å²) >= 11 is 0. The van der Waals surface area contributed by atoms with Crippen LogP contribution in [0.3, 0.4) is 0 Å². The fraction of sp³-hybridized carbons (Fsp3) is 0.750. The van der Waals surface area contributed by atoms with Crippen molar-refractivity contribution >= 4 is 17.9 Å². The number of aliphatic carboxylic acids is 1. The SMILES string of the molecule is CC(CNC(=O)N1CCN2C(=O)CCC2C1)C(=O)O. The van der Waals surface area contributed by atoms with Gasteiger partial charge >= 0.3 is 12.0 Å². The maximum absolute atomic E-state index is 11.9. The van der Waals surface area contributed by atoms with Gasteiger partial charge in [-0.3, -0.25) is 9.59 Å². The number of carboxylic acids is 1. The Hall–Kier alpha value is -1.79. The Morgan fingerprint density at radius 3 is 2.89 bits per heavy atom. The molecule has 0 aromatic heterocycles. The van der Waals surface area contributed by atoms with Crippen molar-refractivity contribution in [2.75, 3.05) is 26.2 Å². The lowest BCUT2D eigenvalue weighted by molar-refractivity contribution is -0.140. The molecule has 3 amide bonds.